The average Bonchev–Trinajstić information content (AvgIpc) is 2.67. The fraction of sp³-hybridized carbons (Fsp3) is 0.462. The minimum atomic E-state index is 0.379. The third-order valence-electron chi connectivity index (χ3n) is 3.08. The molecule has 0 saturated heterocycles. The molecule has 0 aliphatic carbocycles. The molecule has 0 aliphatic rings. The molecule has 1 aromatic heterocycles. The third-order valence-corrected chi connectivity index (χ3v) is 3.08. The van der Waals surface area contributed by atoms with Gasteiger partial charge in [0.05, 0.1) is 0 Å². The van der Waals surface area contributed by atoms with E-state index >= 15 is 0 Å². The molecule has 0 aliphatic heterocycles. The van der Waals surface area contributed by atoms with Gasteiger partial charge in [-0.3, -0.25) is 4.90 Å². The Morgan fingerprint density at radius 2 is 2.24 bits per heavy atom. The van der Waals surface area contributed by atoms with Crippen molar-refractivity contribution in [1.29, 1.82) is 0 Å². The zero-order valence-electron chi connectivity index (χ0n) is 10.6. The van der Waals surface area contributed by atoms with Crippen LogP contribution in [0.4, 0.5) is 0 Å². The topological polar surface area (TPSA) is 55.3 Å². The molecule has 0 bridgehead atoms. The molecule has 0 spiro atoms. The van der Waals surface area contributed by atoms with Gasteiger partial charge in [0.2, 0.25) is 0 Å². The second-order valence-electron chi connectivity index (χ2n) is 4.53. The SMILES string of the molecule is Cc1nc2cc(CN(C)C(C)CN)ccc2o1. The molecular formula is C13H19N3O. The van der Waals surface area contributed by atoms with E-state index in [9.17, 15) is 0 Å². The summed E-state index contributed by atoms with van der Waals surface area (Å²) in [4.78, 5) is 6.57. The number of nitrogens with zero attached hydrogens (tertiary/aromatic N) is 2. The van der Waals surface area contributed by atoms with E-state index in [1.54, 1.807) is 0 Å². The maximum absolute atomic E-state index is 5.65. The maximum atomic E-state index is 5.65. The molecule has 0 fully saturated rings. The first-order chi connectivity index (χ1) is 8.10. The molecule has 1 atom stereocenters. The molecule has 0 radical (unpaired) electrons. The second kappa shape index (κ2) is 4.85. The average molecular weight is 233 g/mol. The van der Waals surface area contributed by atoms with E-state index in [0.29, 0.717) is 18.5 Å². The predicted octanol–water partition coefficient (Wildman–Crippen LogP) is 1.92. The van der Waals surface area contributed by atoms with Crippen LogP contribution in [-0.2, 0) is 6.54 Å². The van der Waals surface area contributed by atoms with Gasteiger partial charge in [-0.2, -0.15) is 0 Å². The Kier molecular flexibility index (Phi) is 3.45. The van der Waals surface area contributed by atoms with Gasteiger partial charge in [-0.1, -0.05) is 6.07 Å². The van der Waals surface area contributed by atoms with Crippen LogP contribution in [-0.4, -0.2) is 29.5 Å². The Balaban J connectivity index is 2.18. The molecular weight excluding hydrogens is 214 g/mol. The van der Waals surface area contributed by atoms with E-state index in [2.05, 4.69) is 36.0 Å². The highest BCUT2D eigenvalue weighted by Gasteiger charge is 2.09. The number of benzene rings is 1. The zero-order valence-corrected chi connectivity index (χ0v) is 10.6. The van der Waals surface area contributed by atoms with Crippen molar-refractivity contribution in [2.45, 2.75) is 26.4 Å². The van der Waals surface area contributed by atoms with Gasteiger partial charge in [0, 0.05) is 26.1 Å². The van der Waals surface area contributed by atoms with Crippen LogP contribution in [0, 0.1) is 6.92 Å². The predicted molar refractivity (Wildman–Crippen MR) is 68.7 cm³/mol. The van der Waals surface area contributed by atoms with Gasteiger partial charge >= 0.3 is 0 Å². The number of hydrogen-bond acceptors (Lipinski definition) is 4. The number of aromatic nitrogens is 1. The minimum absolute atomic E-state index is 0.379. The summed E-state index contributed by atoms with van der Waals surface area (Å²) in [7, 11) is 2.08. The summed E-state index contributed by atoms with van der Waals surface area (Å²) in [6.07, 6.45) is 0. The summed E-state index contributed by atoms with van der Waals surface area (Å²) in [5.74, 6) is 0.709. The van der Waals surface area contributed by atoms with Crippen molar-refractivity contribution in [2.24, 2.45) is 5.73 Å². The molecule has 2 aromatic rings. The molecule has 1 aromatic carbocycles. The largest absolute Gasteiger partial charge is 0.441 e. The minimum Gasteiger partial charge on any atom is -0.441 e. The van der Waals surface area contributed by atoms with E-state index in [1.165, 1.54) is 5.56 Å². The van der Waals surface area contributed by atoms with E-state index in [4.69, 9.17) is 10.2 Å². The van der Waals surface area contributed by atoms with Crippen molar-refractivity contribution < 1.29 is 4.42 Å². The lowest BCUT2D eigenvalue weighted by Crippen LogP contribution is -2.34. The quantitative estimate of drug-likeness (QED) is 0.876. The Bertz CT molecular complexity index is 506. The first-order valence-electron chi connectivity index (χ1n) is 5.86. The Morgan fingerprint density at radius 1 is 1.47 bits per heavy atom. The number of oxazole rings is 1. The van der Waals surface area contributed by atoms with Gasteiger partial charge in [0.1, 0.15) is 5.52 Å². The molecule has 92 valence electrons. The van der Waals surface area contributed by atoms with Gasteiger partial charge < -0.3 is 10.2 Å². The van der Waals surface area contributed by atoms with Gasteiger partial charge in [-0.15, -0.1) is 0 Å². The van der Waals surface area contributed by atoms with Crippen LogP contribution >= 0.6 is 0 Å². The number of rotatable bonds is 4. The van der Waals surface area contributed by atoms with Gasteiger partial charge in [-0.05, 0) is 31.7 Å². The van der Waals surface area contributed by atoms with E-state index in [1.807, 2.05) is 13.0 Å². The normalized spacial score (nSPS) is 13.5. The fourth-order valence-electron chi connectivity index (χ4n) is 1.81. The summed E-state index contributed by atoms with van der Waals surface area (Å²) in [6, 6.07) is 6.51. The summed E-state index contributed by atoms with van der Waals surface area (Å²) in [6.45, 7) is 5.53. The molecule has 2 N–H and O–H groups in total. The number of fused-ring (bicyclic) bond motifs is 1. The zero-order chi connectivity index (χ0) is 12.4. The van der Waals surface area contributed by atoms with Crippen LogP contribution in [0.5, 0.6) is 0 Å². The highest BCUT2D eigenvalue weighted by molar-refractivity contribution is 5.73. The molecule has 0 saturated carbocycles. The van der Waals surface area contributed by atoms with Crippen molar-refractivity contribution in [1.82, 2.24) is 9.88 Å². The number of nitrogens with two attached hydrogens (primary N) is 1. The van der Waals surface area contributed by atoms with Crippen LogP contribution in [0.3, 0.4) is 0 Å². The van der Waals surface area contributed by atoms with E-state index in [-0.39, 0.29) is 0 Å². The Morgan fingerprint density at radius 3 is 2.94 bits per heavy atom. The number of hydrogen-bond donors (Lipinski definition) is 1. The lowest BCUT2D eigenvalue weighted by molar-refractivity contribution is 0.255. The van der Waals surface area contributed by atoms with Crippen molar-refractivity contribution in [3.05, 3.63) is 29.7 Å². The van der Waals surface area contributed by atoms with Crippen LogP contribution in [0.2, 0.25) is 0 Å². The standard InChI is InChI=1S/C13H19N3O/c1-9(7-14)16(3)8-11-4-5-13-12(6-11)15-10(2)17-13/h4-6,9H,7-8,14H2,1-3H3. The molecule has 1 unspecified atom stereocenters. The van der Waals surface area contributed by atoms with Crippen molar-refractivity contribution in [2.75, 3.05) is 13.6 Å². The molecule has 17 heavy (non-hydrogen) atoms. The first kappa shape index (κ1) is 12.1. The highest BCUT2D eigenvalue weighted by atomic mass is 16.3. The lowest BCUT2D eigenvalue weighted by atomic mass is 10.2. The molecule has 2 rings (SSSR count). The second-order valence-corrected chi connectivity index (χ2v) is 4.53. The van der Waals surface area contributed by atoms with Gasteiger partial charge in [0.15, 0.2) is 11.5 Å². The van der Waals surface area contributed by atoms with Crippen LogP contribution in [0.15, 0.2) is 22.6 Å². The first-order valence-corrected chi connectivity index (χ1v) is 5.86. The summed E-state index contributed by atoms with van der Waals surface area (Å²) >= 11 is 0. The maximum Gasteiger partial charge on any atom is 0.192 e. The van der Waals surface area contributed by atoms with E-state index in [0.717, 1.165) is 17.6 Å². The fourth-order valence-corrected chi connectivity index (χ4v) is 1.81. The van der Waals surface area contributed by atoms with Crippen molar-refractivity contribution in [3.8, 4) is 0 Å². The number of likely N-dealkylation sites (N-methyl/N-ethyl adjacent to an activating group) is 1. The van der Waals surface area contributed by atoms with Gasteiger partial charge in [0.25, 0.3) is 0 Å². The monoisotopic (exact) mass is 233 g/mol. The van der Waals surface area contributed by atoms with Crippen LogP contribution in [0.1, 0.15) is 18.4 Å². The summed E-state index contributed by atoms with van der Waals surface area (Å²) in [5, 5.41) is 0. The van der Waals surface area contributed by atoms with Gasteiger partial charge in [-0.25, -0.2) is 4.98 Å². The molecule has 4 nitrogen and oxygen atoms in total. The van der Waals surface area contributed by atoms with Crippen LogP contribution < -0.4 is 5.73 Å². The third kappa shape index (κ3) is 2.65. The molecule has 1 heterocycles. The Labute approximate surface area is 101 Å². The summed E-state index contributed by atoms with van der Waals surface area (Å²) < 4.78 is 5.45. The van der Waals surface area contributed by atoms with Crippen molar-refractivity contribution >= 4 is 11.1 Å². The Hall–Kier alpha value is -1.39. The molecule has 0 amide bonds. The van der Waals surface area contributed by atoms with Crippen molar-refractivity contribution in [3.63, 3.8) is 0 Å². The number of aryl methyl sites for hydroxylation is 1. The molecule has 4 heteroatoms. The summed E-state index contributed by atoms with van der Waals surface area (Å²) in [5.41, 5.74) is 8.65. The highest BCUT2D eigenvalue weighted by Crippen LogP contribution is 2.17. The lowest BCUT2D eigenvalue weighted by Gasteiger charge is -2.23. The van der Waals surface area contributed by atoms with E-state index < -0.39 is 0 Å². The van der Waals surface area contributed by atoms with Crippen LogP contribution in [0.25, 0.3) is 11.1 Å². The smallest absolute Gasteiger partial charge is 0.192 e.